The second kappa shape index (κ2) is 3.54. The Morgan fingerprint density at radius 1 is 1.62 bits per heavy atom. The van der Waals surface area contributed by atoms with Gasteiger partial charge >= 0.3 is 6.09 Å². The number of carbonyl (C=O) groups is 1. The lowest BCUT2D eigenvalue weighted by Crippen LogP contribution is -2.50. The highest BCUT2D eigenvalue weighted by atomic mass is 16.6. The summed E-state index contributed by atoms with van der Waals surface area (Å²) in [5, 5.41) is 3.31. The second-order valence-electron chi connectivity index (χ2n) is 3.85. The van der Waals surface area contributed by atoms with Gasteiger partial charge in [0.25, 0.3) is 0 Å². The monoisotopic (exact) mass is 184 g/mol. The zero-order valence-electron chi connectivity index (χ0n) is 7.95. The van der Waals surface area contributed by atoms with Crippen molar-refractivity contribution in [2.75, 3.05) is 26.2 Å². The summed E-state index contributed by atoms with van der Waals surface area (Å²) in [5.74, 6) is 0.590. The molecule has 0 aromatic rings. The Morgan fingerprint density at radius 2 is 2.46 bits per heavy atom. The summed E-state index contributed by atoms with van der Waals surface area (Å²) < 4.78 is 4.93. The fraction of sp³-hybridized carbons (Fsp3) is 0.889. The Morgan fingerprint density at radius 3 is 3.08 bits per heavy atom. The lowest BCUT2D eigenvalue weighted by Gasteiger charge is -2.34. The highest BCUT2D eigenvalue weighted by Gasteiger charge is 2.34. The number of rotatable bonds is 1. The van der Waals surface area contributed by atoms with Crippen LogP contribution in [0, 0.1) is 5.92 Å². The Kier molecular flexibility index (Phi) is 2.40. The van der Waals surface area contributed by atoms with Crippen molar-refractivity contribution in [1.82, 2.24) is 10.2 Å². The van der Waals surface area contributed by atoms with Crippen molar-refractivity contribution in [2.45, 2.75) is 19.4 Å². The number of nitrogens with zero attached hydrogens (tertiary/aromatic N) is 1. The van der Waals surface area contributed by atoms with Gasteiger partial charge in [-0.25, -0.2) is 4.79 Å². The normalized spacial score (nSPS) is 34.8. The Bertz CT molecular complexity index is 208. The third-order valence-corrected chi connectivity index (χ3v) is 2.98. The van der Waals surface area contributed by atoms with Gasteiger partial charge in [0.1, 0.15) is 6.61 Å². The first-order chi connectivity index (χ1) is 6.29. The summed E-state index contributed by atoms with van der Waals surface area (Å²) in [5.41, 5.74) is 0. The summed E-state index contributed by atoms with van der Waals surface area (Å²) in [4.78, 5) is 13.2. The van der Waals surface area contributed by atoms with Crippen molar-refractivity contribution in [3.05, 3.63) is 0 Å². The van der Waals surface area contributed by atoms with Crippen LogP contribution >= 0.6 is 0 Å². The van der Waals surface area contributed by atoms with Crippen LogP contribution in [0.1, 0.15) is 13.3 Å². The van der Waals surface area contributed by atoms with E-state index in [0.717, 1.165) is 26.1 Å². The summed E-state index contributed by atoms with van der Waals surface area (Å²) in [7, 11) is 0. The lowest BCUT2D eigenvalue weighted by molar-refractivity contribution is 0.126. The molecular formula is C9H16N2O2. The van der Waals surface area contributed by atoms with Gasteiger partial charge in [0.2, 0.25) is 0 Å². The van der Waals surface area contributed by atoms with E-state index in [9.17, 15) is 4.79 Å². The van der Waals surface area contributed by atoms with Gasteiger partial charge in [0, 0.05) is 6.54 Å². The molecule has 0 bridgehead atoms. The molecular weight excluding hydrogens is 168 g/mol. The first-order valence-electron chi connectivity index (χ1n) is 4.93. The Balaban J connectivity index is 2.01. The fourth-order valence-electron chi connectivity index (χ4n) is 2.10. The van der Waals surface area contributed by atoms with Crippen LogP contribution in [0.2, 0.25) is 0 Å². The van der Waals surface area contributed by atoms with Crippen LogP contribution in [0.25, 0.3) is 0 Å². The molecule has 0 spiro atoms. The number of piperidine rings is 1. The van der Waals surface area contributed by atoms with E-state index < -0.39 is 0 Å². The summed E-state index contributed by atoms with van der Waals surface area (Å²) >= 11 is 0. The van der Waals surface area contributed by atoms with E-state index in [-0.39, 0.29) is 6.09 Å². The minimum atomic E-state index is -0.138. The summed E-state index contributed by atoms with van der Waals surface area (Å²) in [6.45, 7) is 5.51. The third-order valence-electron chi connectivity index (χ3n) is 2.98. The molecule has 1 amide bonds. The number of nitrogens with one attached hydrogen (secondary N) is 1. The third kappa shape index (κ3) is 1.63. The van der Waals surface area contributed by atoms with Crippen LogP contribution < -0.4 is 5.32 Å². The molecule has 0 aliphatic carbocycles. The van der Waals surface area contributed by atoms with Crippen LogP contribution in [0.5, 0.6) is 0 Å². The van der Waals surface area contributed by atoms with Crippen LogP contribution in [0.3, 0.4) is 0 Å². The number of hydrogen-bond acceptors (Lipinski definition) is 3. The van der Waals surface area contributed by atoms with Gasteiger partial charge in [-0.1, -0.05) is 6.92 Å². The van der Waals surface area contributed by atoms with Gasteiger partial charge in [-0.15, -0.1) is 0 Å². The van der Waals surface area contributed by atoms with E-state index in [1.165, 1.54) is 0 Å². The van der Waals surface area contributed by atoms with Crippen molar-refractivity contribution in [2.24, 2.45) is 5.92 Å². The Labute approximate surface area is 78.2 Å². The minimum Gasteiger partial charge on any atom is -0.448 e. The summed E-state index contributed by atoms with van der Waals surface area (Å²) in [6.07, 6.45) is 1.01. The molecule has 2 heterocycles. The smallest absolute Gasteiger partial charge is 0.410 e. The number of carbonyl (C=O) groups excluding carboxylic acids is 1. The molecule has 0 saturated carbocycles. The molecule has 2 atom stereocenters. The van der Waals surface area contributed by atoms with Crippen molar-refractivity contribution >= 4 is 6.09 Å². The molecule has 0 radical (unpaired) electrons. The predicted molar refractivity (Wildman–Crippen MR) is 48.5 cm³/mol. The molecule has 13 heavy (non-hydrogen) atoms. The van der Waals surface area contributed by atoms with Gasteiger partial charge in [0.15, 0.2) is 0 Å². The Hall–Kier alpha value is -0.770. The van der Waals surface area contributed by atoms with Crippen LogP contribution in [0.4, 0.5) is 4.79 Å². The fourth-order valence-corrected chi connectivity index (χ4v) is 2.10. The topological polar surface area (TPSA) is 41.6 Å². The number of ether oxygens (including phenoxy) is 1. The van der Waals surface area contributed by atoms with Gasteiger partial charge in [-0.2, -0.15) is 0 Å². The van der Waals surface area contributed by atoms with Gasteiger partial charge in [-0.3, -0.25) is 0 Å². The molecule has 2 aliphatic rings. The quantitative estimate of drug-likeness (QED) is 0.643. The molecule has 1 N–H and O–H groups in total. The van der Waals surface area contributed by atoms with Gasteiger partial charge in [0.05, 0.1) is 12.6 Å². The SMILES string of the molecule is CC1CCNCC1N1CCOC1=O. The maximum atomic E-state index is 11.3. The lowest BCUT2D eigenvalue weighted by atomic mass is 9.94. The maximum absolute atomic E-state index is 11.3. The van der Waals surface area contributed by atoms with E-state index in [1.54, 1.807) is 0 Å². The molecule has 4 nitrogen and oxygen atoms in total. The standard InChI is InChI=1S/C9H16N2O2/c1-7-2-3-10-6-8(7)11-4-5-13-9(11)12/h7-8,10H,2-6H2,1H3. The second-order valence-corrected chi connectivity index (χ2v) is 3.85. The molecule has 4 heteroatoms. The predicted octanol–water partition coefficient (Wildman–Crippen LogP) is 0.437. The van der Waals surface area contributed by atoms with E-state index in [1.807, 2.05) is 4.90 Å². The van der Waals surface area contributed by atoms with Crippen molar-refractivity contribution < 1.29 is 9.53 Å². The minimum absolute atomic E-state index is 0.138. The molecule has 0 aromatic heterocycles. The first-order valence-corrected chi connectivity index (χ1v) is 4.93. The zero-order valence-corrected chi connectivity index (χ0v) is 7.95. The zero-order chi connectivity index (χ0) is 9.26. The molecule has 2 fully saturated rings. The average Bonchev–Trinajstić information content (AvgIpc) is 2.52. The maximum Gasteiger partial charge on any atom is 0.410 e. The molecule has 2 saturated heterocycles. The van der Waals surface area contributed by atoms with Gasteiger partial charge in [-0.05, 0) is 18.9 Å². The highest BCUT2D eigenvalue weighted by molar-refractivity contribution is 5.69. The van der Waals surface area contributed by atoms with E-state index >= 15 is 0 Å². The van der Waals surface area contributed by atoms with Crippen LogP contribution in [0.15, 0.2) is 0 Å². The number of hydrogen-bond donors (Lipinski definition) is 1. The summed E-state index contributed by atoms with van der Waals surface area (Å²) in [6, 6.07) is 0.337. The molecule has 2 aliphatic heterocycles. The van der Waals surface area contributed by atoms with E-state index in [2.05, 4.69) is 12.2 Å². The van der Waals surface area contributed by atoms with E-state index in [4.69, 9.17) is 4.74 Å². The van der Waals surface area contributed by atoms with E-state index in [0.29, 0.717) is 18.6 Å². The molecule has 2 unspecified atom stereocenters. The number of cyclic esters (lactones) is 1. The molecule has 74 valence electrons. The first kappa shape index (κ1) is 8.81. The van der Waals surface area contributed by atoms with Crippen LogP contribution in [-0.2, 0) is 4.74 Å². The highest BCUT2D eigenvalue weighted by Crippen LogP contribution is 2.20. The molecule has 0 aromatic carbocycles. The van der Waals surface area contributed by atoms with Gasteiger partial charge < -0.3 is 15.0 Å². The largest absolute Gasteiger partial charge is 0.448 e. The number of amides is 1. The average molecular weight is 184 g/mol. The molecule has 2 rings (SSSR count). The van der Waals surface area contributed by atoms with Crippen molar-refractivity contribution in [3.8, 4) is 0 Å². The van der Waals surface area contributed by atoms with Crippen molar-refractivity contribution in [1.29, 1.82) is 0 Å². The van der Waals surface area contributed by atoms with Crippen molar-refractivity contribution in [3.63, 3.8) is 0 Å². The van der Waals surface area contributed by atoms with Crippen LogP contribution in [-0.4, -0.2) is 43.3 Å².